The van der Waals surface area contributed by atoms with E-state index in [1.807, 2.05) is 0 Å². The highest BCUT2D eigenvalue weighted by Gasteiger charge is 2.14. The number of rotatable bonds is 14. The van der Waals surface area contributed by atoms with Crippen molar-refractivity contribution >= 4 is 29.9 Å². The molecule has 1 saturated heterocycles. The van der Waals surface area contributed by atoms with Gasteiger partial charge in [-0.1, -0.05) is 46.5 Å². The molecule has 0 aromatic carbocycles. The fourth-order valence-corrected chi connectivity index (χ4v) is 3.55. The number of likely N-dealkylation sites (N-methyl/N-ethyl adjacent to an activating group) is 1. The Labute approximate surface area is 192 Å². The van der Waals surface area contributed by atoms with E-state index in [1.165, 1.54) is 84.2 Å². The topological polar surface area (TPSA) is 42.9 Å². The number of unbranched alkanes of at least 4 members (excludes halogenated alkanes) is 4. The molecule has 28 heavy (non-hydrogen) atoms. The number of aliphatic imine (C=N–C) groups is 1. The van der Waals surface area contributed by atoms with Gasteiger partial charge in [0, 0.05) is 45.8 Å². The van der Waals surface area contributed by atoms with Crippen LogP contribution in [0.15, 0.2) is 4.99 Å². The number of hydrogen-bond donors (Lipinski definition) is 2. The molecule has 1 aliphatic heterocycles. The van der Waals surface area contributed by atoms with Crippen LogP contribution in [-0.4, -0.2) is 74.7 Å². The molecule has 0 spiro atoms. The normalized spacial score (nSPS) is 16.2. The first-order valence-corrected chi connectivity index (χ1v) is 11.6. The lowest BCUT2D eigenvalue weighted by Crippen LogP contribution is -2.46. The van der Waals surface area contributed by atoms with E-state index in [0.717, 1.165) is 31.5 Å². The monoisotopic (exact) mass is 509 g/mol. The van der Waals surface area contributed by atoms with Crippen molar-refractivity contribution in [1.29, 1.82) is 0 Å². The molecular formula is C22H48IN5. The van der Waals surface area contributed by atoms with Gasteiger partial charge < -0.3 is 20.4 Å². The molecule has 0 atom stereocenters. The molecular weight excluding hydrogens is 461 g/mol. The third-order valence-electron chi connectivity index (χ3n) is 5.41. The van der Waals surface area contributed by atoms with Crippen LogP contribution in [0.4, 0.5) is 0 Å². The molecule has 0 aliphatic carbocycles. The maximum absolute atomic E-state index is 4.73. The third kappa shape index (κ3) is 14.9. The molecule has 6 heteroatoms. The second kappa shape index (κ2) is 18.9. The predicted molar refractivity (Wildman–Crippen MR) is 135 cm³/mol. The van der Waals surface area contributed by atoms with Gasteiger partial charge in [-0.05, 0) is 45.2 Å². The minimum Gasteiger partial charge on any atom is -0.357 e. The van der Waals surface area contributed by atoms with E-state index >= 15 is 0 Å². The van der Waals surface area contributed by atoms with Gasteiger partial charge in [0.05, 0.1) is 0 Å². The Kier molecular flexibility index (Phi) is 18.9. The Morgan fingerprint density at radius 1 is 0.857 bits per heavy atom. The van der Waals surface area contributed by atoms with Gasteiger partial charge in [-0.3, -0.25) is 4.99 Å². The van der Waals surface area contributed by atoms with Crippen LogP contribution < -0.4 is 10.6 Å². The van der Waals surface area contributed by atoms with Gasteiger partial charge in [0.2, 0.25) is 0 Å². The first kappa shape index (κ1) is 27.9. The summed E-state index contributed by atoms with van der Waals surface area (Å²) in [7, 11) is 0. The fraction of sp³-hybridized carbons (Fsp3) is 0.955. The smallest absolute Gasteiger partial charge is 0.191 e. The first-order valence-electron chi connectivity index (χ1n) is 11.6. The number of hydrogen-bond acceptors (Lipinski definition) is 3. The van der Waals surface area contributed by atoms with E-state index in [0.29, 0.717) is 0 Å². The Morgan fingerprint density at radius 2 is 1.54 bits per heavy atom. The number of guanidine groups is 1. The maximum atomic E-state index is 4.73. The van der Waals surface area contributed by atoms with Gasteiger partial charge in [0.1, 0.15) is 0 Å². The number of piperazine rings is 1. The van der Waals surface area contributed by atoms with Gasteiger partial charge in [0.25, 0.3) is 0 Å². The summed E-state index contributed by atoms with van der Waals surface area (Å²) in [5.41, 5.74) is 0. The van der Waals surface area contributed by atoms with Gasteiger partial charge in [-0.25, -0.2) is 0 Å². The number of halogens is 1. The van der Waals surface area contributed by atoms with Crippen LogP contribution in [-0.2, 0) is 0 Å². The van der Waals surface area contributed by atoms with Crippen molar-refractivity contribution in [3.63, 3.8) is 0 Å². The molecule has 0 amide bonds. The van der Waals surface area contributed by atoms with Crippen molar-refractivity contribution in [3.8, 4) is 0 Å². The van der Waals surface area contributed by atoms with E-state index in [2.05, 4.69) is 48.1 Å². The largest absolute Gasteiger partial charge is 0.357 e. The van der Waals surface area contributed by atoms with Gasteiger partial charge in [-0.15, -0.1) is 24.0 Å². The Hall–Kier alpha value is -0.0800. The van der Waals surface area contributed by atoms with Crippen molar-refractivity contribution in [1.82, 2.24) is 20.4 Å². The fourth-order valence-electron chi connectivity index (χ4n) is 3.55. The van der Waals surface area contributed by atoms with E-state index in [1.54, 1.807) is 0 Å². The molecule has 0 unspecified atom stereocenters. The molecule has 0 aromatic rings. The minimum atomic E-state index is 0. The molecule has 0 bridgehead atoms. The van der Waals surface area contributed by atoms with E-state index in [4.69, 9.17) is 4.99 Å². The highest BCUT2D eigenvalue weighted by atomic mass is 127. The Bertz CT molecular complexity index is 368. The molecule has 1 rings (SSSR count). The van der Waals surface area contributed by atoms with E-state index in [-0.39, 0.29) is 24.0 Å². The molecule has 168 valence electrons. The first-order chi connectivity index (χ1) is 13.2. The highest BCUT2D eigenvalue weighted by Crippen LogP contribution is 2.09. The standard InChI is InChI=1S/C22H47N5.HI/c1-5-23-22(24-14-10-8-7-9-13-21(3)4)25-15-11-12-16-27-19-17-26(6-2)18-20-27;/h21H,5-20H2,1-4H3,(H2,23,24,25);1H. The Morgan fingerprint density at radius 3 is 2.18 bits per heavy atom. The predicted octanol–water partition coefficient (Wildman–Crippen LogP) is 4.18. The van der Waals surface area contributed by atoms with Crippen LogP contribution in [0.25, 0.3) is 0 Å². The second-order valence-electron chi connectivity index (χ2n) is 8.27. The maximum Gasteiger partial charge on any atom is 0.191 e. The molecule has 1 fully saturated rings. The Balaban J connectivity index is 0.00000729. The van der Waals surface area contributed by atoms with Crippen molar-refractivity contribution < 1.29 is 0 Å². The lowest BCUT2D eigenvalue weighted by molar-refractivity contribution is 0.136. The van der Waals surface area contributed by atoms with Crippen molar-refractivity contribution in [2.24, 2.45) is 10.9 Å². The van der Waals surface area contributed by atoms with Crippen molar-refractivity contribution in [2.75, 3.05) is 58.9 Å². The van der Waals surface area contributed by atoms with Crippen LogP contribution in [0.2, 0.25) is 0 Å². The zero-order valence-electron chi connectivity index (χ0n) is 19.1. The van der Waals surface area contributed by atoms with Gasteiger partial charge in [-0.2, -0.15) is 0 Å². The number of nitrogens with one attached hydrogen (secondary N) is 2. The summed E-state index contributed by atoms with van der Waals surface area (Å²) < 4.78 is 0. The average molecular weight is 510 g/mol. The molecule has 0 aromatic heterocycles. The average Bonchev–Trinajstić information content (AvgIpc) is 2.67. The summed E-state index contributed by atoms with van der Waals surface area (Å²) in [6, 6.07) is 0. The summed E-state index contributed by atoms with van der Waals surface area (Å²) in [6.07, 6.45) is 9.08. The highest BCUT2D eigenvalue weighted by molar-refractivity contribution is 14.0. The summed E-state index contributed by atoms with van der Waals surface area (Å²) in [5, 5.41) is 6.88. The van der Waals surface area contributed by atoms with Crippen LogP contribution in [0, 0.1) is 5.92 Å². The summed E-state index contributed by atoms with van der Waals surface area (Å²) in [4.78, 5) is 9.89. The minimum absolute atomic E-state index is 0. The van der Waals surface area contributed by atoms with Crippen molar-refractivity contribution in [2.45, 2.75) is 72.6 Å². The summed E-state index contributed by atoms with van der Waals surface area (Å²) in [5.74, 6) is 1.84. The number of nitrogens with zero attached hydrogens (tertiary/aromatic N) is 3. The summed E-state index contributed by atoms with van der Waals surface area (Å²) >= 11 is 0. The van der Waals surface area contributed by atoms with Crippen molar-refractivity contribution in [3.05, 3.63) is 0 Å². The molecule has 0 radical (unpaired) electrons. The SMILES string of the molecule is CCNC(=NCCCCCCC(C)C)NCCCCN1CCN(CC)CC1.I. The molecule has 1 aliphatic rings. The molecule has 5 nitrogen and oxygen atoms in total. The van der Waals surface area contributed by atoms with Gasteiger partial charge in [0.15, 0.2) is 5.96 Å². The zero-order chi connectivity index (χ0) is 19.7. The van der Waals surface area contributed by atoms with Crippen LogP contribution in [0.3, 0.4) is 0 Å². The van der Waals surface area contributed by atoms with Crippen LogP contribution in [0.5, 0.6) is 0 Å². The lowest BCUT2D eigenvalue weighted by atomic mass is 10.0. The molecule has 1 heterocycles. The zero-order valence-corrected chi connectivity index (χ0v) is 21.5. The molecule has 0 saturated carbocycles. The van der Waals surface area contributed by atoms with Crippen LogP contribution >= 0.6 is 24.0 Å². The quantitative estimate of drug-likeness (QED) is 0.160. The van der Waals surface area contributed by atoms with E-state index < -0.39 is 0 Å². The second-order valence-corrected chi connectivity index (χ2v) is 8.27. The van der Waals surface area contributed by atoms with Crippen LogP contribution in [0.1, 0.15) is 72.6 Å². The molecule has 2 N–H and O–H groups in total. The lowest BCUT2D eigenvalue weighted by Gasteiger charge is -2.34. The van der Waals surface area contributed by atoms with Gasteiger partial charge >= 0.3 is 0 Å². The third-order valence-corrected chi connectivity index (χ3v) is 5.41. The summed E-state index contributed by atoms with van der Waals surface area (Å²) in [6.45, 7) is 19.3. The van der Waals surface area contributed by atoms with E-state index in [9.17, 15) is 0 Å².